The van der Waals surface area contributed by atoms with Gasteiger partial charge in [0, 0.05) is 0 Å². The molecular formula is C26H50. The van der Waals surface area contributed by atoms with Crippen LogP contribution in [0.1, 0.15) is 141 Å². The van der Waals surface area contributed by atoms with Crippen molar-refractivity contribution in [3.63, 3.8) is 0 Å². The number of unbranched alkanes of at least 4 members (excludes halogenated alkanes) is 20. The maximum Gasteiger partial charge on any atom is -0.0351 e. The first-order valence-corrected chi connectivity index (χ1v) is 12.1. The van der Waals surface area contributed by atoms with Crippen molar-refractivity contribution in [3.05, 3.63) is 26.0 Å². The summed E-state index contributed by atoms with van der Waals surface area (Å²) in [4.78, 5) is 0. The van der Waals surface area contributed by atoms with Crippen LogP contribution in [-0.2, 0) is 0 Å². The molecule has 0 fully saturated rings. The summed E-state index contributed by atoms with van der Waals surface area (Å²) in [6.07, 6.45) is 35.2. The van der Waals surface area contributed by atoms with Gasteiger partial charge in [-0.2, -0.15) is 0 Å². The standard InChI is InChI=1S/C26H50/c1-3-5-7-9-11-13-15-17-19-21-23-25-26-24-22-20-18-16-14-12-10-8-6-4-2/h17,19H,1-16,18,20-26H2/b19-17+. The first-order valence-electron chi connectivity index (χ1n) is 12.1. The Labute approximate surface area is 167 Å². The zero-order chi connectivity index (χ0) is 19.0. The van der Waals surface area contributed by atoms with E-state index in [1.54, 1.807) is 0 Å². The molecule has 0 saturated carbocycles. The van der Waals surface area contributed by atoms with Gasteiger partial charge in [0.2, 0.25) is 0 Å². The van der Waals surface area contributed by atoms with E-state index in [2.05, 4.69) is 26.0 Å². The summed E-state index contributed by atoms with van der Waals surface area (Å²) >= 11 is 0. The summed E-state index contributed by atoms with van der Waals surface area (Å²) in [7, 11) is 0. The van der Waals surface area contributed by atoms with Gasteiger partial charge in [-0.15, -0.1) is 0 Å². The summed E-state index contributed by atoms with van der Waals surface area (Å²) in [5.74, 6) is 0. The fraction of sp³-hybridized carbons (Fsp3) is 0.846. The van der Waals surface area contributed by atoms with Gasteiger partial charge in [0.05, 0.1) is 0 Å². The molecule has 0 atom stereocenters. The smallest absolute Gasteiger partial charge is 0.0351 e. The van der Waals surface area contributed by atoms with E-state index in [0.717, 1.165) is 12.8 Å². The van der Waals surface area contributed by atoms with Crippen LogP contribution in [0.5, 0.6) is 0 Å². The molecule has 0 saturated heterocycles. The second kappa shape index (κ2) is 24.7. The summed E-state index contributed by atoms with van der Waals surface area (Å²) in [5.41, 5.74) is 0. The van der Waals surface area contributed by atoms with Gasteiger partial charge in [0.15, 0.2) is 0 Å². The average Bonchev–Trinajstić information content (AvgIpc) is 2.66. The summed E-state index contributed by atoms with van der Waals surface area (Å²) < 4.78 is 0. The number of hydrogen-bond acceptors (Lipinski definition) is 0. The Morgan fingerprint density at radius 3 is 0.808 bits per heavy atom. The molecule has 0 N–H and O–H groups in total. The van der Waals surface area contributed by atoms with Crippen molar-refractivity contribution in [2.45, 2.75) is 141 Å². The molecule has 0 aromatic rings. The normalized spacial score (nSPS) is 11.6. The van der Waals surface area contributed by atoms with Gasteiger partial charge in [-0.25, -0.2) is 0 Å². The highest BCUT2D eigenvalue weighted by Crippen LogP contribution is 2.13. The molecule has 0 amide bonds. The highest BCUT2D eigenvalue weighted by molar-refractivity contribution is 4.81. The van der Waals surface area contributed by atoms with Gasteiger partial charge < -0.3 is 0 Å². The summed E-state index contributed by atoms with van der Waals surface area (Å²) in [5, 5.41) is 0. The van der Waals surface area contributed by atoms with Crippen molar-refractivity contribution >= 4 is 0 Å². The van der Waals surface area contributed by atoms with Gasteiger partial charge in [-0.1, -0.05) is 142 Å². The van der Waals surface area contributed by atoms with Crippen LogP contribution >= 0.6 is 0 Å². The van der Waals surface area contributed by atoms with Crippen molar-refractivity contribution in [3.8, 4) is 0 Å². The largest absolute Gasteiger partial charge is 0.0885 e. The minimum Gasteiger partial charge on any atom is -0.0885 e. The van der Waals surface area contributed by atoms with Crippen molar-refractivity contribution < 1.29 is 0 Å². The average molecular weight is 363 g/mol. The van der Waals surface area contributed by atoms with Crippen LogP contribution in [0.3, 0.4) is 0 Å². The molecule has 0 aromatic heterocycles. The van der Waals surface area contributed by atoms with Crippen molar-refractivity contribution in [1.82, 2.24) is 0 Å². The molecule has 0 unspecified atom stereocenters. The van der Waals surface area contributed by atoms with Gasteiger partial charge in [0.1, 0.15) is 0 Å². The lowest BCUT2D eigenvalue weighted by atomic mass is 10.0. The second-order valence-electron chi connectivity index (χ2n) is 8.12. The van der Waals surface area contributed by atoms with E-state index in [0.29, 0.717) is 0 Å². The van der Waals surface area contributed by atoms with Crippen LogP contribution in [0.25, 0.3) is 0 Å². The third-order valence-electron chi connectivity index (χ3n) is 5.41. The fourth-order valence-electron chi connectivity index (χ4n) is 3.59. The van der Waals surface area contributed by atoms with Crippen LogP contribution in [0.2, 0.25) is 0 Å². The van der Waals surface area contributed by atoms with Crippen molar-refractivity contribution in [2.75, 3.05) is 0 Å². The van der Waals surface area contributed by atoms with E-state index < -0.39 is 0 Å². The topological polar surface area (TPSA) is 0 Å². The third kappa shape index (κ3) is 23.7. The zero-order valence-electron chi connectivity index (χ0n) is 18.1. The van der Waals surface area contributed by atoms with E-state index in [1.165, 1.54) is 128 Å². The highest BCUT2D eigenvalue weighted by Gasteiger charge is 1.94. The van der Waals surface area contributed by atoms with Crippen LogP contribution < -0.4 is 0 Å². The first kappa shape index (κ1) is 25.7. The number of allylic oxidation sites excluding steroid dienone is 2. The van der Waals surface area contributed by atoms with Gasteiger partial charge in [-0.3, -0.25) is 0 Å². The molecule has 0 nitrogen and oxygen atoms in total. The molecule has 2 radical (unpaired) electrons. The minimum atomic E-state index is 1.11. The lowest BCUT2D eigenvalue weighted by Crippen LogP contribution is -1.83. The summed E-state index contributed by atoms with van der Waals surface area (Å²) in [6, 6.07) is 0. The Morgan fingerprint density at radius 1 is 0.308 bits per heavy atom. The Morgan fingerprint density at radius 2 is 0.538 bits per heavy atom. The molecule has 0 aromatic carbocycles. The molecule has 0 aliphatic carbocycles. The molecule has 0 bridgehead atoms. The first-order chi connectivity index (χ1) is 12.9. The second-order valence-corrected chi connectivity index (χ2v) is 8.12. The quantitative estimate of drug-likeness (QED) is 0.133. The highest BCUT2D eigenvalue weighted by atomic mass is 14.0. The zero-order valence-corrected chi connectivity index (χ0v) is 18.1. The van der Waals surface area contributed by atoms with E-state index in [9.17, 15) is 0 Å². The Hall–Kier alpha value is -0.260. The van der Waals surface area contributed by atoms with E-state index in [1.807, 2.05) is 0 Å². The van der Waals surface area contributed by atoms with Gasteiger partial charge >= 0.3 is 0 Å². The minimum absolute atomic E-state index is 1.11. The third-order valence-corrected chi connectivity index (χ3v) is 5.41. The van der Waals surface area contributed by atoms with E-state index in [-0.39, 0.29) is 0 Å². The van der Waals surface area contributed by atoms with Gasteiger partial charge in [-0.05, 0) is 25.7 Å². The molecular weight excluding hydrogens is 312 g/mol. The molecule has 0 aliphatic rings. The molecule has 0 rings (SSSR count). The van der Waals surface area contributed by atoms with Crippen LogP contribution in [-0.4, -0.2) is 0 Å². The molecule has 0 spiro atoms. The van der Waals surface area contributed by atoms with Gasteiger partial charge in [0.25, 0.3) is 0 Å². The maximum absolute atomic E-state index is 3.91. The van der Waals surface area contributed by atoms with E-state index in [4.69, 9.17) is 0 Å². The molecule has 26 heavy (non-hydrogen) atoms. The Bertz CT molecular complexity index is 253. The lowest BCUT2D eigenvalue weighted by Gasteiger charge is -2.02. The lowest BCUT2D eigenvalue weighted by molar-refractivity contribution is 0.537. The van der Waals surface area contributed by atoms with Crippen LogP contribution in [0, 0.1) is 13.8 Å². The predicted molar refractivity (Wildman–Crippen MR) is 121 cm³/mol. The van der Waals surface area contributed by atoms with Crippen LogP contribution in [0.4, 0.5) is 0 Å². The predicted octanol–water partition coefficient (Wildman–Crippen LogP) is 9.79. The van der Waals surface area contributed by atoms with Crippen LogP contribution in [0.15, 0.2) is 12.2 Å². The fourth-order valence-corrected chi connectivity index (χ4v) is 3.59. The number of hydrogen-bond donors (Lipinski definition) is 0. The van der Waals surface area contributed by atoms with Crippen molar-refractivity contribution in [1.29, 1.82) is 0 Å². The molecule has 0 aliphatic heterocycles. The Balaban J connectivity index is 3.03. The molecule has 0 heteroatoms. The SMILES string of the molecule is [CH2]CCCCCCC/C=C/CCCCCCCCCCCCCCC[CH2]. The Kier molecular flexibility index (Phi) is 24.5. The molecule has 154 valence electrons. The summed E-state index contributed by atoms with van der Waals surface area (Å²) in [6.45, 7) is 7.80. The maximum atomic E-state index is 3.91. The van der Waals surface area contributed by atoms with E-state index >= 15 is 0 Å². The van der Waals surface area contributed by atoms with Crippen molar-refractivity contribution in [2.24, 2.45) is 0 Å². The number of rotatable bonds is 22. The monoisotopic (exact) mass is 362 g/mol. The molecule has 0 heterocycles.